The lowest BCUT2D eigenvalue weighted by Gasteiger charge is -2.26. The van der Waals surface area contributed by atoms with E-state index in [4.69, 9.17) is 0 Å². The van der Waals surface area contributed by atoms with E-state index in [-0.39, 0.29) is 23.7 Å². The number of aromatic amines is 1. The standard InChI is InChI=1S/C24H28N4O3/c1-15-14-16(2)26-23(30)18(15)9-10-20(29)21-17(3)22(28-19(21)8-7-11-25-28)24(31)27-12-5-4-6-13-27/h7-8,11,14H,4-6,9-10,12-13H2,1-3H3,(H,26,30). The van der Waals surface area contributed by atoms with Gasteiger partial charge in [-0.1, -0.05) is 0 Å². The quantitative estimate of drug-likeness (QED) is 0.641. The highest BCUT2D eigenvalue weighted by Crippen LogP contribution is 2.26. The number of aromatic nitrogens is 3. The summed E-state index contributed by atoms with van der Waals surface area (Å²) in [6, 6.07) is 5.51. The summed E-state index contributed by atoms with van der Waals surface area (Å²) in [5.74, 6) is -0.157. The molecule has 0 bridgehead atoms. The van der Waals surface area contributed by atoms with Crippen molar-refractivity contribution in [3.8, 4) is 0 Å². The van der Waals surface area contributed by atoms with Crippen LogP contribution in [0.2, 0.25) is 0 Å². The second-order valence-electron chi connectivity index (χ2n) is 8.39. The fourth-order valence-electron chi connectivity index (χ4n) is 4.61. The first-order valence-corrected chi connectivity index (χ1v) is 10.9. The van der Waals surface area contributed by atoms with Crippen molar-refractivity contribution in [3.05, 3.63) is 68.4 Å². The van der Waals surface area contributed by atoms with Crippen molar-refractivity contribution < 1.29 is 9.59 Å². The van der Waals surface area contributed by atoms with Gasteiger partial charge in [0.25, 0.3) is 11.5 Å². The number of fused-ring (bicyclic) bond motifs is 1. The molecule has 3 aromatic rings. The number of hydrogen-bond acceptors (Lipinski definition) is 4. The molecule has 7 heteroatoms. The molecule has 31 heavy (non-hydrogen) atoms. The molecule has 4 rings (SSSR count). The molecular weight excluding hydrogens is 392 g/mol. The summed E-state index contributed by atoms with van der Waals surface area (Å²) in [5, 5.41) is 4.38. The molecule has 1 aliphatic heterocycles. The number of rotatable bonds is 5. The lowest BCUT2D eigenvalue weighted by molar-refractivity contribution is 0.0715. The van der Waals surface area contributed by atoms with E-state index >= 15 is 0 Å². The molecule has 0 atom stereocenters. The lowest BCUT2D eigenvalue weighted by Crippen LogP contribution is -2.36. The van der Waals surface area contributed by atoms with Gasteiger partial charge in [0.1, 0.15) is 5.69 Å². The molecule has 0 aliphatic carbocycles. The summed E-state index contributed by atoms with van der Waals surface area (Å²) in [7, 11) is 0. The number of hydrogen-bond donors (Lipinski definition) is 1. The number of aryl methyl sites for hydroxylation is 2. The largest absolute Gasteiger partial charge is 0.337 e. The van der Waals surface area contributed by atoms with E-state index in [1.807, 2.05) is 37.8 Å². The predicted molar refractivity (Wildman–Crippen MR) is 119 cm³/mol. The SMILES string of the molecule is Cc1cc(C)c(CCC(=O)c2c(C)c(C(=O)N3CCCCC3)n3ncccc23)c(=O)[nH]1. The van der Waals surface area contributed by atoms with Gasteiger partial charge in [-0.15, -0.1) is 0 Å². The molecular formula is C24H28N4O3. The van der Waals surface area contributed by atoms with Crippen molar-refractivity contribution in [1.29, 1.82) is 0 Å². The lowest BCUT2D eigenvalue weighted by atomic mass is 9.98. The zero-order chi connectivity index (χ0) is 22.1. The van der Waals surface area contributed by atoms with Crippen molar-refractivity contribution >= 4 is 17.2 Å². The Bertz CT molecular complexity index is 1220. The fraction of sp³-hybridized carbons (Fsp3) is 0.417. The average Bonchev–Trinajstić information content (AvgIpc) is 3.04. The third-order valence-electron chi connectivity index (χ3n) is 6.17. The number of piperidine rings is 1. The number of ketones is 1. The number of amides is 1. The van der Waals surface area contributed by atoms with E-state index in [1.165, 1.54) is 0 Å². The molecule has 7 nitrogen and oxygen atoms in total. The van der Waals surface area contributed by atoms with Gasteiger partial charge < -0.3 is 9.88 Å². The van der Waals surface area contributed by atoms with Crippen molar-refractivity contribution in [3.63, 3.8) is 0 Å². The van der Waals surface area contributed by atoms with Gasteiger partial charge in [0.05, 0.1) is 5.52 Å². The number of Topliss-reactive ketones (excluding diaryl/α,β-unsaturated/α-hetero) is 1. The van der Waals surface area contributed by atoms with Crippen LogP contribution < -0.4 is 5.56 Å². The average molecular weight is 421 g/mol. The summed E-state index contributed by atoms with van der Waals surface area (Å²) in [4.78, 5) is 43.5. The van der Waals surface area contributed by atoms with Crippen molar-refractivity contribution in [2.75, 3.05) is 13.1 Å². The number of H-pyrrole nitrogens is 1. The minimum absolute atomic E-state index is 0.0734. The van der Waals surface area contributed by atoms with Gasteiger partial charge >= 0.3 is 0 Å². The zero-order valence-corrected chi connectivity index (χ0v) is 18.3. The Morgan fingerprint density at radius 2 is 1.87 bits per heavy atom. The molecule has 1 aliphatic rings. The van der Waals surface area contributed by atoms with Crippen LogP contribution in [-0.2, 0) is 6.42 Å². The van der Waals surface area contributed by atoms with Gasteiger partial charge in [0.2, 0.25) is 0 Å². The first-order valence-electron chi connectivity index (χ1n) is 10.9. The highest BCUT2D eigenvalue weighted by Gasteiger charge is 2.28. The minimum atomic E-state index is -0.147. The highest BCUT2D eigenvalue weighted by molar-refractivity contribution is 6.08. The van der Waals surface area contributed by atoms with Crippen LogP contribution in [0.25, 0.3) is 5.52 Å². The van der Waals surface area contributed by atoms with Gasteiger partial charge in [0.15, 0.2) is 5.78 Å². The maximum absolute atomic E-state index is 13.3. The summed E-state index contributed by atoms with van der Waals surface area (Å²) in [6.45, 7) is 7.02. The zero-order valence-electron chi connectivity index (χ0n) is 18.3. The molecule has 3 aromatic heterocycles. The Balaban J connectivity index is 1.68. The smallest absolute Gasteiger partial charge is 0.272 e. The maximum atomic E-state index is 13.3. The Kier molecular flexibility index (Phi) is 5.76. The van der Waals surface area contributed by atoms with E-state index in [0.29, 0.717) is 34.3 Å². The molecule has 1 N–H and O–H groups in total. The molecule has 0 unspecified atom stereocenters. The molecule has 0 radical (unpaired) electrons. The van der Waals surface area contributed by atoms with Gasteiger partial charge in [0, 0.05) is 42.5 Å². The van der Waals surface area contributed by atoms with E-state index in [0.717, 1.165) is 43.6 Å². The van der Waals surface area contributed by atoms with Gasteiger partial charge in [-0.05, 0) is 75.8 Å². The van der Waals surface area contributed by atoms with Crippen LogP contribution in [-0.4, -0.2) is 44.3 Å². The van der Waals surface area contributed by atoms with Crippen LogP contribution in [0.4, 0.5) is 0 Å². The third-order valence-corrected chi connectivity index (χ3v) is 6.17. The van der Waals surface area contributed by atoms with E-state index < -0.39 is 0 Å². The maximum Gasteiger partial charge on any atom is 0.272 e. The van der Waals surface area contributed by atoms with Gasteiger partial charge in [-0.2, -0.15) is 5.10 Å². The van der Waals surface area contributed by atoms with Crippen LogP contribution in [0.1, 0.15) is 68.9 Å². The van der Waals surface area contributed by atoms with Crippen molar-refractivity contribution in [2.45, 2.75) is 52.9 Å². The second-order valence-corrected chi connectivity index (χ2v) is 8.39. The first kappa shape index (κ1) is 21.0. The second kappa shape index (κ2) is 8.49. The molecule has 162 valence electrons. The minimum Gasteiger partial charge on any atom is -0.337 e. The molecule has 1 amide bonds. The van der Waals surface area contributed by atoms with E-state index in [1.54, 1.807) is 16.8 Å². The Morgan fingerprint density at radius 1 is 1.13 bits per heavy atom. The molecule has 4 heterocycles. The highest BCUT2D eigenvalue weighted by atomic mass is 16.2. The topological polar surface area (TPSA) is 87.5 Å². The number of nitrogens with one attached hydrogen (secondary N) is 1. The summed E-state index contributed by atoms with van der Waals surface area (Å²) in [5.41, 5.74) is 4.46. The number of nitrogens with zero attached hydrogens (tertiary/aromatic N) is 3. The summed E-state index contributed by atoms with van der Waals surface area (Å²) in [6.07, 6.45) is 5.31. The van der Waals surface area contributed by atoms with Crippen LogP contribution in [0, 0.1) is 20.8 Å². The van der Waals surface area contributed by atoms with E-state index in [2.05, 4.69) is 10.1 Å². The Morgan fingerprint density at radius 3 is 2.58 bits per heavy atom. The number of carbonyl (C=O) groups excluding carboxylic acids is 2. The van der Waals surface area contributed by atoms with Crippen LogP contribution in [0.5, 0.6) is 0 Å². The number of pyridine rings is 1. The van der Waals surface area contributed by atoms with Crippen molar-refractivity contribution in [1.82, 2.24) is 19.5 Å². The molecule has 0 aromatic carbocycles. The summed E-state index contributed by atoms with van der Waals surface area (Å²) < 4.78 is 1.60. The normalized spacial score (nSPS) is 14.2. The monoisotopic (exact) mass is 420 g/mol. The first-order chi connectivity index (χ1) is 14.9. The fourth-order valence-corrected chi connectivity index (χ4v) is 4.61. The number of likely N-dealkylation sites (tertiary alicyclic amines) is 1. The molecule has 0 spiro atoms. The van der Waals surface area contributed by atoms with Crippen LogP contribution in [0.15, 0.2) is 29.2 Å². The molecule has 0 saturated carbocycles. The van der Waals surface area contributed by atoms with E-state index in [9.17, 15) is 14.4 Å². The summed E-state index contributed by atoms with van der Waals surface area (Å²) >= 11 is 0. The predicted octanol–water partition coefficient (Wildman–Crippen LogP) is 3.39. The molecule has 1 fully saturated rings. The third kappa shape index (κ3) is 3.92. The van der Waals surface area contributed by atoms with Gasteiger partial charge in [-0.25, -0.2) is 4.52 Å². The van der Waals surface area contributed by atoms with Crippen LogP contribution >= 0.6 is 0 Å². The van der Waals surface area contributed by atoms with Crippen molar-refractivity contribution in [2.24, 2.45) is 0 Å². The molecule has 1 saturated heterocycles. The van der Waals surface area contributed by atoms with Gasteiger partial charge in [-0.3, -0.25) is 14.4 Å². The van der Waals surface area contributed by atoms with Crippen LogP contribution in [0.3, 0.4) is 0 Å². The Labute approximate surface area is 181 Å². The number of carbonyl (C=O) groups is 2. The Hall–Kier alpha value is -3.22.